The zero-order chi connectivity index (χ0) is 14.9. The minimum absolute atomic E-state index is 0.0726. The number of piperidine rings is 1. The van der Waals surface area contributed by atoms with Gasteiger partial charge in [0, 0.05) is 6.04 Å². The van der Waals surface area contributed by atoms with E-state index in [2.05, 4.69) is 0 Å². The van der Waals surface area contributed by atoms with E-state index in [0.29, 0.717) is 6.42 Å². The standard InChI is InChI=1S/C15H19ClFNO2/c1-10(11-5-6-13(17)12(16)9-11)18-8-4-3-7-15(18,2)14(19)20/h5-6,9-10H,3-4,7-8H2,1-2H3,(H,19,20). The fraction of sp³-hybridized carbons (Fsp3) is 0.533. The molecule has 1 aliphatic heterocycles. The number of hydrogen-bond acceptors (Lipinski definition) is 2. The summed E-state index contributed by atoms with van der Waals surface area (Å²) in [6.07, 6.45) is 2.51. The van der Waals surface area contributed by atoms with Gasteiger partial charge in [0.25, 0.3) is 0 Å². The van der Waals surface area contributed by atoms with E-state index < -0.39 is 17.3 Å². The van der Waals surface area contributed by atoms with Crippen molar-refractivity contribution in [2.45, 2.75) is 44.7 Å². The highest BCUT2D eigenvalue weighted by atomic mass is 35.5. The van der Waals surface area contributed by atoms with Crippen LogP contribution < -0.4 is 0 Å². The van der Waals surface area contributed by atoms with E-state index in [9.17, 15) is 14.3 Å². The Bertz CT molecular complexity index is 523. The van der Waals surface area contributed by atoms with Gasteiger partial charge < -0.3 is 5.11 Å². The summed E-state index contributed by atoms with van der Waals surface area (Å²) in [6, 6.07) is 4.46. The summed E-state index contributed by atoms with van der Waals surface area (Å²) >= 11 is 5.82. The molecule has 1 N–H and O–H groups in total. The number of aliphatic carboxylic acids is 1. The molecule has 3 nitrogen and oxygen atoms in total. The predicted molar refractivity (Wildman–Crippen MR) is 76.4 cm³/mol. The minimum atomic E-state index is -0.876. The quantitative estimate of drug-likeness (QED) is 0.921. The van der Waals surface area contributed by atoms with Gasteiger partial charge in [0.1, 0.15) is 11.4 Å². The summed E-state index contributed by atoms with van der Waals surface area (Å²) in [5, 5.41) is 9.61. The van der Waals surface area contributed by atoms with Gasteiger partial charge in [-0.15, -0.1) is 0 Å². The van der Waals surface area contributed by atoms with Gasteiger partial charge in [0.15, 0.2) is 0 Å². The molecule has 0 aliphatic carbocycles. The van der Waals surface area contributed by atoms with Crippen LogP contribution in [0, 0.1) is 5.82 Å². The highest BCUT2D eigenvalue weighted by Crippen LogP contribution is 2.36. The van der Waals surface area contributed by atoms with Crippen LogP contribution in [0.2, 0.25) is 5.02 Å². The molecule has 2 rings (SSSR count). The Morgan fingerprint density at radius 2 is 2.20 bits per heavy atom. The summed E-state index contributed by atoms with van der Waals surface area (Å²) < 4.78 is 13.2. The van der Waals surface area contributed by atoms with Gasteiger partial charge in [0.2, 0.25) is 0 Å². The third kappa shape index (κ3) is 2.67. The smallest absolute Gasteiger partial charge is 0.323 e. The second kappa shape index (κ2) is 5.70. The first-order valence-corrected chi connectivity index (χ1v) is 7.19. The Morgan fingerprint density at radius 1 is 1.50 bits per heavy atom. The van der Waals surface area contributed by atoms with Crippen LogP contribution in [0.4, 0.5) is 4.39 Å². The average Bonchev–Trinajstić information content (AvgIpc) is 2.41. The molecule has 0 saturated carbocycles. The van der Waals surface area contributed by atoms with E-state index >= 15 is 0 Å². The Labute approximate surface area is 123 Å². The van der Waals surface area contributed by atoms with E-state index in [-0.39, 0.29) is 11.1 Å². The topological polar surface area (TPSA) is 40.5 Å². The van der Waals surface area contributed by atoms with Crippen molar-refractivity contribution in [1.82, 2.24) is 4.90 Å². The van der Waals surface area contributed by atoms with Crippen LogP contribution in [0.15, 0.2) is 18.2 Å². The van der Waals surface area contributed by atoms with Crippen molar-refractivity contribution in [3.05, 3.63) is 34.6 Å². The van der Waals surface area contributed by atoms with Crippen LogP contribution in [-0.2, 0) is 4.79 Å². The molecule has 110 valence electrons. The Balaban J connectivity index is 2.32. The molecule has 1 saturated heterocycles. The van der Waals surface area contributed by atoms with Crippen molar-refractivity contribution in [3.63, 3.8) is 0 Å². The summed E-state index contributed by atoms with van der Waals surface area (Å²) in [5.41, 5.74) is -0.0378. The normalized spacial score (nSPS) is 25.4. The number of carboxylic acid groups (broad SMARTS) is 1. The molecule has 0 radical (unpaired) electrons. The molecule has 5 heteroatoms. The molecule has 20 heavy (non-hydrogen) atoms. The van der Waals surface area contributed by atoms with Crippen molar-refractivity contribution < 1.29 is 14.3 Å². The van der Waals surface area contributed by atoms with Gasteiger partial charge in [0.05, 0.1) is 5.02 Å². The fourth-order valence-corrected chi connectivity index (χ4v) is 3.13. The number of rotatable bonds is 3. The molecule has 1 fully saturated rings. The number of nitrogens with zero attached hydrogens (tertiary/aromatic N) is 1. The van der Waals surface area contributed by atoms with Crippen LogP contribution in [0.1, 0.15) is 44.7 Å². The van der Waals surface area contributed by atoms with Gasteiger partial charge in [-0.25, -0.2) is 4.39 Å². The van der Waals surface area contributed by atoms with Gasteiger partial charge in [-0.1, -0.05) is 17.7 Å². The molecule has 1 aliphatic rings. The maximum atomic E-state index is 13.2. The number of benzene rings is 1. The Morgan fingerprint density at radius 3 is 2.80 bits per heavy atom. The number of likely N-dealkylation sites (tertiary alicyclic amines) is 1. The lowest BCUT2D eigenvalue weighted by atomic mass is 9.86. The molecule has 0 amide bonds. The van der Waals surface area contributed by atoms with Crippen molar-refractivity contribution in [1.29, 1.82) is 0 Å². The lowest BCUT2D eigenvalue weighted by Crippen LogP contribution is -2.55. The van der Waals surface area contributed by atoms with Gasteiger partial charge in [-0.3, -0.25) is 9.69 Å². The maximum absolute atomic E-state index is 13.2. The fourth-order valence-electron chi connectivity index (χ4n) is 2.94. The average molecular weight is 300 g/mol. The molecule has 0 bridgehead atoms. The SMILES string of the molecule is CC(c1ccc(F)c(Cl)c1)N1CCCCC1(C)C(=O)O. The predicted octanol–water partition coefficient (Wildman–Crippen LogP) is 3.87. The highest BCUT2D eigenvalue weighted by Gasteiger charge is 2.43. The van der Waals surface area contributed by atoms with Crippen LogP contribution in [-0.4, -0.2) is 28.1 Å². The monoisotopic (exact) mass is 299 g/mol. The van der Waals surface area contributed by atoms with Crippen molar-refractivity contribution in [3.8, 4) is 0 Å². The zero-order valence-electron chi connectivity index (χ0n) is 11.7. The second-order valence-electron chi connectivity index (χ2n) is 5.58. The number of carbonyl (C=O) groups is 1. The Kier molecular flexibility index (Phi) is 4.35. The van der Waals surface area contributed by atoms with E-state index in [1.807, 2.05) is 11.8 Å². The number of hydrogen-bond donors (Lipinski definition) is 1. The van der Waals surface area contributed by atoms with Gasteiger partial charge in [-0.2, -0.15) is 0 Å². The van der Waals surface area contributed by atoms with E-state index in [1.165, 1.54) is 6.07 Å². The van der Waals surface area contributed by atoms with Crippen molar-refractivity contribution >= 4 is 17.6 Å². The lowest BCUT2D eigenvalue weighted by molar-refractivity contribution is -0.155. The highest BCUT2D eigenvalue weighted by molar-refractivity contribution is 6.30. The van der Waals surface area contributed by atoms with E-state index in [4.69, 9.17) is 11.6 Å². The molecular formula is C15H19ClFNO2. The van der Waals surface area contributed by atoms with Crippen molar-refractivity contribution in [2.24, 2.45) is 0 Å². The van der Waals surface area contributed by atoms with Crippen LogP contribution in [0.5, 0.6) is 0 Å². The van der Waals surface area contributed by atoms with Gasteiger partial charge in [-0.05, 0) is 57.4 Å². The largest absolute Gasteiger partial charge is 0.480 e. The molecular weight excluding hydrogens is 281 g/mol. The molecule has 1 heterocycles. The van der Waals surface area contributed by atoms with Gasteiger partial charge >= 0.3 is 5.97 Å². The summed E-state index contributed by atoms with van der Waals surface area (Å²) in [5.74, 6) is -1.26. The summed E-state index contributed by atoms with van der Waals surface area (Å²) in [7, 11) is 0. The summed E-state index contributed by atoms with van der Waals surface area (Å²) in [4.78, 5) is 13.6. The van der Waals surface area contributed by atoms with E-state index in [0.717, 1.165) is 24.9 Å². The third-order valence-corrected chi connectivity index (χ3v) is 4.59. The molecule has 2 unspecified atom stereocenters. The molecule has 0 spiro atoms. The summed E-state index contributed by atoms with van der Waals surface area (Å²) in [6.45, 7) is 4.42. The number of carboxylic acids is 1. The molecule has 1 aromatic carbocycles. The Hall–Kier alpha value is -1.13. The first-order valence-electron chi connectivity index (χ1n) is 6.81. The molecule has 1 aromatic rings. The zero-order valence-corrected chi connectivity index (χ0v) is 12.5. The number of halogens is 2. The molecule has 0 aromatic heterocycles. The lowest BCUT2D eigenvalue weighted by Gasteiger charge is -2.45. The van der Waals surface area contributed by atoms with Crippen LogP contribution in [0.25, 0.3) is 0 Å². The van der Waals surface area contributed by atoms with E-state index in [1.54, 1.807) is 19.1 Å². The van der Waals surface area contributed by atoms with Crippen LogP contribution in [0.3, 0.4) is 0 Å². The first-order chi connectivity index (χ1) is 9.36. The third-order valence-electron chi connectivity index (χ3n) is 4.30. The van der Waals surface area contributed by atoms with Crippen LogP contribution >= 0.6 is 11.6 Å². The molecule has 2 atom stereocenters. The first kappa shape index (κ1) is 15.3. The maximum Gasteiger partial charge on any atom is 0.323 e. The van der Waals surface area contributed by atoms with Crippen molar-refractivity contribution in [2.75, 3.05) is 6.54 Å². The minimum Gasteiger partial charge on any atom is -0.480 e. The second-order valence-corrected chi connectivity index (χ2v) is 5.99.